The van der Waals surface area contributed by atoms with E-state index in [0.717, 1.165) is 24.4 Å². The lowest BCUT2D eigenvalue weighted by Crippen LogP contribution is -2.28. The van der Waals surface area contributed by atoms with Crippen molar-refractivity contribution in [1.29, 1.82) is 0 Å². The number of aryl methyl sites for hydroxylation is 1. The Morgan fingerprint density at radius 2 is 1.97 bits per heavy atom. The third-order valence-electron chi connectivity index (χ3n) is 6.59. The van der Waals surface area contributed by atoms with Crippen LogP contribution < -0.4 is 10.5 Å². The highest BCUT2D eigenvalue weighted by atomic mass is 16.5. The number of rotatable bonds is 6. The standard InChI is InChI=1S/C21H31N5O4/c1-20(2,28)11-30-17-7-16(26(4)24-17)21(29)8-13-5-12(6-14(13)9-21)19-23-10-15(18(22)27)25(19)3/h7,10,12-14,28-29H,5-6,8-9,11H2,1-4H3,(H2,22,27)/t12?,13-,14+,21?. The van der Waals surface area contributed by atoms with Gasteiger partial charge in [-0.3, -0.25) is 9.48 Å². The molecular formula is C21H31N5O4. The molecule has 2 fully saturated rings. The summed E-state index contributed by atoms with van der Waals surface area (Å²) in [6.45, 7) is 3.48. The summed E-state index contributed by atoms with van der Waals surface area (Å²) in [6.07, 6.45) is 4.72. The number of nitrogens with two attached hydrogens (primary N) is 1. The molecule has 2 aromatic heterocycles. The van der Waals surface area contributed by atoms with E-state index in [-0.39, 0.29) is 12.5 Å². The molecule has 0 spiro atoms. The van der Waals surface area contributed by atoms with Gasteiger partial charge in [-0.1, -0.05) is 0 Å². The molecule has 4 atom stereocenters. The summed E-state index contributed by atoms with van der Waals surface area (Å²) in [6, 6.07) is 1.78. The van der Waals surface area contributed by atoms with Crippen LogP contribution in [0.4, 0.5) is 0 Å². The highest BCUT2D eigenvalue weighted by molar-refractivity contribution is 5.90. The summed E-state index contributed by atoms with van der Waals surface area (Å²) >= 11 is 0. The van der Waals surface area contributed by atoms with E-state index < -0.39 is 17.1 Å². The summed E-state index contributed by atoms with van der Waals surface area (Å²) < 4.78 is 9.07. The predicted molar refractivity (Wildman–Crippen MR) is 109 cm³/mol. The summed E-state index contributed by atoms with van der Waals surface area (Å²) in [4.78, 5) is 16.0. The van der Waals surface area contributed by atoms with Crippen LogP contribution in [0.2, 0.25) is 0 Å². The first-order valence-corrected chi connectivity index (χ1v) is 10.4. The fourth-order valence-corrected chi connectivity index (χ4v) is 5.31. The van der Waals surface area contributed by atoms with Gasteiger partial charge in [-0.25, -0.2) is 4.98 Å². The van der Waals surface area contributed by atoms with Crippen molar-refractivity contribution in [3.05, 3.63) is 29.5 Å². The Hall–Kier alpha value is -2.39. The van der Waals surface area contributed by atoms with Gasteiger partial charge in [-0.2, -0.15) is 0 Å². The van der Waals surface area contributed by atoms with Crippen LogP contribution in [0.25, 0.3) is 0 Å². The molecule has 4 N–H and O–H groups in total. The molecule has 164 valence electrons. The van der Waals surface area contributed by atoms with Gasteiger partial charge in [0, 0.05) is 26.1 Å². The lowest BCUT2D eigenvalue weighted by atomic mass is 9.91. The molecule has 2 aliphatic rings. The van der Waals surface area contributed by atoms with Crippen LogP contribution >= 0.6 is 0 Å². The molecule has 4 rings (SSSR count). The van der Waals surface area contributed by atoms with Gasteiger partial charge in [0.15, 0.2) is 0 Å². The fourth-order valence-electron chi connectivity index (χ4n) is 5.31. The number of hydrogen-bond acceptors (Lipinski definition) is 6. The Bertz CT molecular complexity index is 943. The van der Waals surface area contributed by atoms with Gasteiger partial charge in [0.2, 0.25) is 5.88 Å². The Labute approximate surface area is 175 Å². The first kappa shape index (κ1) is 20.9. The molecule has 9 nitrogen and oxygen atoms in total. The van der Waals surface area contributed by atoms with E-state index in [1.54, 1.807) is 42.4 Å². The second-order valence-electron chi connectivity index (χ2n) is 9.65. The van der Waals surface area contributed by atoms with Crippen molar-refractivity contribution in [2.45, 2.75) is 56.7 Å². The molecule has 9 heteroatoms. The molecule has 2 heterocycles. The number of nitrogens with zero attached hydrogens (tertiary/aromatic N) is 4. The van der Waals surface area contributed by atoms with Crippen LogP contribution in [0.15, 0.2) is 12.3 Å². The highest BCUT2D eigenvalue weighted by Gasteiger charge is 2.51. The molecule has 0 aromatic carbocycles. The Morgan fingerprint density at radius 3 is 2.50 bits per heavy atom. The molecule has 2 aliphatic carbocycles. The number of hydrogen-bond donors (Lipinski definition) is 3. The highest BCUT2D eigenvalue weighted by Crippen LogP contribution is 2.56. The van der Waals surface area contributed by atoms with E-state index in [1.165, 1.54) is 0 Å². The van der Waals surface area contributed by atoms with Gasteiger partial charge in [0.25, 0.3) is 5.91 Å². The van der Waals surface area contributed by atoms with Gasteiger partial charge < -0.3 is 25.3 Å². The topological polar surface area (TPSA) is 128 Å². The lowest BCUT2D eigenvalue weighted by molar-refractivity contribution is 0.0261. The number of fused-ring (bicyclic) bond motifs is 1. The minimum Gasteiger partial charge on any atom is -0.474 e. The molecule has 0 saturated heterocycles. The van der Waals surface area contributed by atoms with Crippen molar-refractivity contribution >= 4 is 5.91 Å². The molecule has 0 aliphatic heterocycles. The molecule has 30 heavy (non-hydrogen) atoms. The van der Waals surface area contributed by atoms with E-state index >= 15 is 0 Å². The van der Waals surface area contributed by atoms with E-state index in [9.17, 15) is 15.0 Å². The van der Waals surface area contributed by atoms with Crippen LogP contribution in [-0.2, 0) is 19.7 Å². The molecular weight excluding hydrogens is 386 g/mol. The largest absolute Gasteiger partial charge is 0.474 e. The summed E-state index contributed by atoms with van der Waals surface area (Å²) in [7, 11) is 3.64. The van der Waals surface area contributed by atoms with Crippen molar-refractivity contribution in [3.8, 4) is 5.88 Å². The van der Waals surface area contributed by atoms with E-state index in [4.69, 9.17) is 10.5 Å². The normalized spacial score (nSPS) is 28.7. The van der Waals surface area contributed by atoms with Crippen LogP contribution in [0.5, 0.6) is 5.88 Å². The number of ether oxygens (including phenoxy) is 1. The minimum atomic E-state index is -0.951. The fraction of sp³-hybridized carbons (Fsp3) is 0.667. The van der Waals surface area contributed by atoms with E-state index in [1.807, 2.05) is 7.05 Å². The maximum absolute atomic E-state index is 11.5. The van der Waals surface area contributed by atoms with Gasteiger partial charge >= 0.3 is 0 Å². The SMILES string of the molecule is Cn1nc(OCC(C)(C)O)cc1C1(O)C[C@H]2CC(c3ncc(C(N)=O)n3C)C[C@H]2C1. The third-order valence-corrected chi connectivity index (χ3v) is 6.59. The number of carbonyl (C=O) groups excluding carboxylic acids is 1. The Balaban J connectivity index is 1.46. The molecule has 2 unspecified atom stereocenters. The number of amides is 1. The maximum atomic E-state index is 11.5. The van der Waals surface area contributed by atoms with Gasteiger partial charge in [-0.15, -0.1) is 5.10 Å². The maximum Gasteiger partial charge on any atom is 0.266 e. The smallest absolute Gasteiger partial charge is 0.266 e. The average Bonchev–Trinajstić information content (AvgIpc) is 3.34. The molecule has 0 radical (unpaired) electrons. The second-order valence-corrected chi connectivity index (χ2v) is 9.65. The monoisotopic (exact) mass is 417 g/mol. The molecule has 2 aromatic rings. The number of primary amides is 1. The van der Waals surface area contributed by atoms with Crippen molar-refractivity contribution in [3.63, 3.8) is 0 Å². The lowest BCUT2D eigenvalue weighted by Gasteiger charge is -2.24. The first-order valence-electron chi connectivity index (χ1n) is 10.4. The van der Waals surface area contributed by atoms with Gasteiger partial charge in [0.05, 0.1) is 17.5 Å². The van der Waals surface area contributed by atoms with Crippen LogP contribution in [-0.4, -0.2) is 47.7 Å². The Kier molecular flexibility index (Phi) is 4.93. The van der Waals surface area contributed by atoms with E-state index in [2.05, 4.69) is 10.1 Å². The Morgan fingerprint density at radius 1 is 1.33 bits per heavy atom. The van der Waals surface area contributed by atoms with Gasteiger partial charge in [0.1, 0.15) is 23.7 Å². The quantitative estimate of drug-likeness (QED) is 0.648. The number of aromatic nitrogens is 4. The summed E-state index contributed by atoms with van der Waals surface area (Å²) in [5.74, 6) is 1.85. The van der Waals surface area contributed by atoms with Gasteiger partial charge in [-0.05, 0) is 51.4 Å². The molecule has 1 amide bonds. The van der Waals surface area contributed by atoms with Crippen molar-refractivity contribution < 1.29 is 19.7 Å². The zero-order valence-electron chi connectivity index (χ0n) is 18.0. The van der Waals surface area contributed by atoms with E-state index in [0.29, 0.717) is 36.3 Å². The second kappa shape index (κ2) is 7.09. The summed E-state index contributed by atoms with van der Waals surface area (Å²) in [5.41, 5.74) is 4.68. The molecule has 0 bridgehead atoms. The van der Waals surface area contributed by atoms with Crippen LogP contribution in [0.3, 0.4) is 0 Å². The molecule has 2 saturated carbocycles. The van der Waals surface area contributed by atoms with Crippen molar-refractivity contribution in [1.82, 2.24) is 19.3 Å². The average molecular weight is 418 g/mol. The van der Waals surface area contributed by atoms with Crippen molar-refractivity contribution in [2.75, 3.05) is 6.61 Å². The first-order chi connectivity index (χ1) is 14.0. The van der Waals surface area contributed by atoms with Crippen LogP contribution in [0.1, 0.15) is 67.5 Å². The zero-order valence-corrected chi connectivity index (χ0v) is 18.0. The number of aliphatic hydroxyl groups is 2. The predicted octanol–water partition coefficient (Wildman–Crippen LogP) is 1.19. The van der Waals surface area contributed by atoms with Crippen LogP contribution in [0, 0.1) is 11.8 Å². The summed E-state index contributed by atoms with van der Waals surface area (Å²) in [5, 5.41) is 25.6. The minimum absolute atomic E-state index is 0.131. The zero-order chi connectivity index (χ0) is 21.8. The third kappa shape index (κ3) is 3.72. The number of carbonyl (C=O) groups is 1. The van der Waals surface area contributed by atoms with Crippen molar-refractivity contribution in [2.24, 2.45) is 31.7 Å². The number of imidazole rings is 1.